The molecular weight excluding hydrogens is 322 g/mol. The minimum Gasteiger partial charge on any atom is -0.207 e. The van der Waals surface area contributed by atoms with E-state index in [1.54, 1.807) is 0 Å². The van der Waals surface area contributed by atoms with Crippen LogP contribution in [0, 0.1) is 23.3 Å². The Kier molecular flexibility index (Phi) is 4.52. The monoisotopic (exact) mass is 333 g/mol. The molecule has 3 nitrogen and oxygen atoms in total. The van der Waals surface area contributed by atoms with Gasteiger partial charge in [-0.15, -0.1) is 0 Å². The molecule has 0 aliphatic heterocycles. The van der Waals surface area contributed by atoms with Gasteiger partial charge in [0.2, 0.25) is 10.0 Å². The van der Waals surface area contributed by atoms with E-state index < -0.39 is 44.2 Å². The first-order valence-electron chi connectivity index (χ1n) is 6.13. The van der Waals surface area contributed by atoms with E-state index in [9.17, 15) is 26.0 Å². The van der Waals surface area contributed by atoms with Crippen molar-refractivity contribution in [1.82, 2.24) is 4.72 Å². The Hall–Kier alpha value is -1.93. The van der Waals surface area contributed by atoms with Gasteiger partial charge in [0.05, 0.1) is 0 Å². The summed E-state index contributed by atoms with van der Waals surface area (Å²) in [6.45, 7) is 1.34. The van der Waals surface area contributed by atoms with E-state index in [-0.39, 0.29) is 5.56 Å². The highest BCUT2D eigenvalue weighted by Gasteiger charge is 2.26. The predicted molar refractivity (Wildman–Crippen MR) is 71.5 cm³/mol. The summed E-state index contributed by atoms with van der Waals surface area (Å²) in [5, 5.41) is 0. The van der Waals surface area contributed by atoms with Crippen molar-refractivity contribution in [2.75, 3.05) is 0 Å². The van der Waals surface area contributed by atoms with Gasteiger partial charge in [-0.25, -0.2) is 30.7 Å². The number of halogens is 4. The summed E-state index contributed by atoms with van der Waals surface area (Å²) in [6, 6.07) is 4.43. The van der Waals surface area contributed by atoms with Crippen LogP contribution in [0.2, 0.25) is 0 Å². The predicted octanol–water partition coefficient (Wildman–Crippen LogP) is 3.28. The van der Waals surface area contributed by atoms with Crippen molar-refractivity contribution in [3.05, 3.63) is 65.2 Å². The average molecular weight is 333 g/mol. The summed E-state index contributed by atoms with van der Waals surface area (Å²) in [6.07, 6.45) is 0. The molecular formula is C14H11F4NO2S. The molecule has 2 aromatic rings. The Morgan fingerprint density at radius 2 is 1.50 bits per heavy atom. The molecule has 0 aliphatic rings. The second-order valence-corrected chi connectivity index (χ2v) is 6.22. The van der Waals surface area contributed by atoms with Gasteiger partial charge in [-0.05, 0) is 36.8 Å². The quantitative estimate of drug-likeness (QED) is 0.873. The van der Waals surface area contributed by atoms with Crippen LogP contribution in [0.15, 0.2) is 41.3 Å². The first kappa shape index (κ1) is 16.4. The number of benzene rings is 2. The smallest absolute Gasteiger partial charge is 0.207 e. The topological polar surface area (TPSA) is 46.2 Å². The standard InChI is InChI=1S/C14H11F4NO2S/c1-8(9-5-6-10(15)13(18)7-9)19-22(20,21)14-11(16)3-2-4-12(14)17/h2-8,19H,1H3/t8-/m0/s1. The molecule has 0 amide bonds. The lowest BCUT2D eigenvalue weighted by molar-refractivity contribution is 0.501. The molecule has 0 heterocycles. The van der Waals surface area contributed by atoms with Crippen LogP contribution < -0.4 is 4.72 Å². The number of hydrogen-bond donors (Lipinski definition) is 1. The summed E-state index contributed by atoms with van der Waals surface area (Å²) in [5.41, 5.74) is 0.110. The molecule has 0 radical (unpaired) electrons. The lowest BCUT2D eigenvalue weighted by Crippen LogP contribution is -2.28. The number of nitrogens with one attached hydrogen (secondary N) is 1. The summed E-state index contributed by atoms with van der Waals surface area (Å²) >= 11 is 0. The Labute approximate surface area is 124 Å². The molecule has 0 spiro atoms. The fraction of sp³-hybridized carbons (Fsp3) is 0.143. The molecule has 0 saturated carbocycles. The first-order valence-corrected chi connectivity index (χ1v) is 7.62. The Bertz CT molecular complexity index is 788. The SMILES string of the molecule is C[C@H](NS(=O)(=O)c1c(F)cccc1F)c1ccc(F)c(F)c1. The van der Waals surface area contributed by atoms with Crippen molar-refractivity contribution in [1.29, 1.82) is 0 Å². The van der Waals surface area contributed by atoms with Crippen LogP contribution in [0.25, 0.3) is 0 Å². The van der Waals surface area contributed by atoms with Gasteiger partial charge in [0.15, 0.2) is 16.5 Å². The van der Waals surface area contributed by atoms with E-state index in [0.717, 1.165) is 30.3 Å². The molecule has 0 aliphatic carbocycles. The number of sulfonamides is 1. The molecule has 0 bridgehead atoms. The van der Waals surface area contributed by atoms with E-state index in [2.05, 4.69) is 0 Å². The van der Waals surface area contributed by atoms with Crippen LogP contribution in [0.3, 0.4) is 0 Å². The normalized spacial score (nSPS) is 13.1. The van der Waals surface area contributed by atoms with E-state index in [0.29, 0.717) is 0 Å². The lowest BCUT2D eigenvalue weighted by Gasteiger charge is -2.15. The second kappa shape index (κ2) is 6.05. The lowest BCUT2D eigenvalue weighted by atomic mass is 10.1. The zero-order chi connectivity index (χ0) is 16.5. The third-order valence-corrected chi connectivity index (χ3v) is 4.55. The highest BCUT2D eigenvalue weighted by molar-refractivity contribution is 7.89. The maximum Gasteiger partial charge on any atom is 0.246 e. The van der Waals surface area contributed by atoms with Gasteiger partial charge in [-0.2, -0.15) is 0 Å². The van der Waals surface area contributed by atoms with Crippen molar-refractivity contribution in [2.45, 2.75) is 17.9 Å². The summed E-state index contributed by atoms with van der Waals surface area (Å²) < 4.78 is 79.2. The zero-order valence-corrected chi connectivity index (χ0v) is 12.1. The van der Waals surface area contributed by atoms with Crippen molar-refractivity contribution in [2.24, 2.45) is 0 Å². The third-order valence-electron chi connectivity index (χ3n) is 2.96. The fourth-order valence-corrected chi connectivity index (χ4v) is 3.25. The molecule has 1 N–H and O–H groups in total. The molecule has 8 heteroatoms. The number of rotatable bonds is 4. The van der Waals surface area contributed by atoms with E-state index >= 15 is 0 Å². The Balaban J connectivity index is 2.34. The van der Waals surface area contributed by atoms with E-state index in [1.807, 2.05) is 4.72 Å². The van der Waals surface area contributed by atoms with Crippen LogP contribution in [0.1, 0.15) is 18.5 Å². The molecule has 2 rings (SSSR count). The molecule has 118 valence electrons. The van der Waals surface area contributed by atoms with Gasteiger partial charge in [0.25, 0.3) is 0 Å². The van der Waals surface area contributed by atoms with Crippen molar-refractivity contribution < 1.29 is 26.0 Å². The Morgan fingerprint density at radius 3 is 2.05 bits per heavy atom. The average Bonchev–Trinajstić information content (AvgIpc) is 2.40. The largest absolute Gasteiger partial charge is 0.246 e. The molecule has 0 unspecified atom stereocenters. The Morgan fingerprint density at radius 1 is 0.909 bits per heavy atom. The molecule has 0 fully saturated rings. The zero-order valence-electron chi connectivity index (χ0n) is 11.3. The van der Waals surface area contributed by atoms with Crippen molar-refractivity contribution in [3.63, 3.8) is 0 Å². The van der Waals surface area contributed by atoms with Gasteiger partial charge >= 0.3 is 0 Å². The molecule has 2 aromatic carbocycles. The highest BCUT2D eigenvalue weighted by atomic mass is 32.2. The van der Waals surface area contributed by atoms with Crippen LogP contribution in [0.4, 0.5) is 17.6 Å². The molecule has 1 atom stereocenters. The highest BCUT2D eigenvalue weighted by Crippen LogP contribution is 2.22. The van der Waals surface area contributed by atoms with Crippen LogP contribution in [0.5, 0.6) is 0 Å². The van der Waals surface area contributed by atoms with Gasteiger partial charge in [-0.1, -0.05) is 12.1 Å². The van der Waals surface area contributed by atoms with E-state index in [4.69, 9.17) is 0 Å². The van der Waals surface area contributed by atoms with Crippen molar-refractivity contribution >= 4 is 10.0 Å². The van der Waals surface area contributed by atoms with Gasteiger partial charge in [0.1, 0.15) is 11.6 Å². The summed E-state index contributed by atoms with van der Waals surface area (Å²) in [5.74, 6) is -4.73. The van der Waals surface area contributed by atoms with Gasteiger partial charge < -0.3 is 0 Å². The molecule has 22 heavy (non-hydrogen) atoms. The van der Waals surface area contributed by atoms with E-state index in [1.165, 1.54) is 13.0 Å². The van der Waals surface area contributed by atoms with Crippen molar-refractivity contribution in [3.8, 4) is 0 Å². The van der Waals surface area contributed by atoms with Gasteiger partial charge in [0, 0.05) is 6.04 Å². The second-order valence-electron chi connectivity index (χ2n) is 4.57. The molecule has 0 saturated heterocycles. The van der Waals surface area contributed by atoms with Crippen LogP contribution in [-0.4, -0.2) is 8.42 Å². The van der Waals surface area contributed by atoms with Crippen LogP contribution in [-0.2, 0) is 10.0 Å². The maximum absolute atomic E-state index is 13.5. The minimum absolute atomic E-state index is 0.110. The first-order chi connectivity index (χ1) is 10.2. The fourth-order valence-electron chi connectivity index (χ4n) is 1.88. The molecule has 0 aromatic heterocycles. The number of hydrogen-bond acceptors (Lipinski definition) is 2. The van der Waals surface area contributed by atoms with Crippen LogP contribution >= 0.6 is 0 Å². The minimum atomic E-state index is -4.51. The summed E-state index contributed by atoms with van der Waals surface area (Å²) in [4.78, 5) is -1.12. The maximum atomic E-state index is 13.5. The van der Waals surface area contributed by atoms with Gasteiger partial charge in [-0.3, -0.25) is 0 Å². The third kappa shape index (κ3) is 3.28. The summed E-state index contributed by atoms with van der Waals surface area (Å²) in [7, 11) is -4.51.